The van der Waals surface area contributed by atoms with E-state index >= 15 is 0 Å². The fraction of sp³-hybridized carbons (Fsp3) is 1.00. The van der Waals surface area contributed by atoms with Crippen molar-refractivity contribution < 1.29 is 0 Å². The monoisotopic (exact) mass is 701 g/mol. The van der Waals surface area contributed by atoms with Crippen LogP contribution in [0.5, 0.6) is 0 Å². The van der Waals surface area contributed by atoms with Crippen molar-refractivity contribution in [1.29, 1.82) is 0 Å². The van der Waals surface area contributed by atoms with Crippen LogP contribution in [0.3, 0.4) is 0 Å². The van der Waals surface area contributed by atoms with Gasteiger partial charge in [0, 0.05) is 0 Å². The molecule has 0 heteroatoms. The van der Waals surface area contributed by atoms with Crippen LogP contribution in [0.2, 0.25) is 0 Å². The minimum Gasteiger partial charge on any atom is -0.0649 e. The molecule has 1 spiro atoms. The molecule has 15 atom stereocenters. The molecule has 15 unspecified atom stereocenters. The zero-order valence-electron chi connectivity index (χ0n) is 36.3. The van der Waals surface area contributed by atoms with Crippen LogP contribution >= 0.6 is 0 Å². The molecule has 0 aromatic heterocycles. The highest BCUT2D eigenvalue weighted by Crippen LogP contribution is 2.79. The largest absolute Gasteiger partial charge is 0.0649 e. The standard InChI is InChI=1S/C51H88/c1-12-49(10,13-2)36-29-37(50(11,14-3)15-4)31-51(30-36)41-23-20-34-26-35(47(5,6)7)21-22-38(34)44(41)46-42(51)25-24-40-45(46)39-27-32-18-16-17-19-33(32)28-43(39)48(40,8)9/h32-46H,12-31H2,1-11H3. The van der Waals surface area contributed by atoms with Gasteiger partial charge in [-0.15, -0.1) is 0 Å². The molecular weight excluding hydrogens is 613 g/mol. The van der Waals surface area contributed by atoms with Crippen LogP contribution in [-0.2, 0) is 0 Å². The molecule has 0 nitrogen and oxygen atoms in total. The average molecular weight is 701 g/mol. The number of rotatable bonds is 6. The third kappa shape index (κ3) is 5.71. The zero-order valence-corrected chi connectivity index (χ0v) is 36.3. The molecule has 8 fully saturated rings. The summed E-state index contributed by atoms with van der Waals surface area (Å²) >= 11 is 0. The first-order valence-electron chi connectivity index (χ1n) is 24.2. The predicted molar refractivity (Wildman–Crippen MR) is 219 cm³/mol. The van der Waals surface area contributed by atoms with Crippen LogP contribution in [0.4, 0.5) is 0 Å². The molecule has 8 saturated carbocycles. The van der Waals surface area contributed by atoms with Gasteiger partial charge in [-0.05, 0) is 193 Å². The first-order valence-corrected chi connectivity index (χ1v) is 24.2. The summed E-state index contributed by atoms with van der Waals surface area (Å²) in [5.74, 6) is 15.4. The van der Waals surface area contributed by atoms with Gasteiger partial charge >= 0.3 is 0 Å². The molecule has 0 saturated heterocycles. The van der Waals surface area contributed by atoms with Crippen molar-refractivity contribution in [2.45, 2.75) is 205 Å². The Labute approximate surface area is 319 Å². The van der Waals surface area contributed by atoms with Gasteiger partial charge in [-0.1, -0.05) is 128 Å². The second-order valence-electron chi connectivity index (χ2n) is 24.4. The van der Waals surface area contributed by atoms with Crippen molar-refractivity contribution in [1.82, 2.24) is 0 Å². The van der Waals surface area contributed by atoms with E-state index in [0.29, 0.717) is 27.1 Å². The molecule has 8 aliphatic rings. The van der Waals surface area contributed by atoms with E-state index in [2.05, 4.69) is 76.2 Å². The summed E-state index contributed by atoms with van der Waals surface area (Å²) in [5, 5.41) is 0. The summed E-state index contributed by atoms with van der Waals surface area (Å²) in [6, 6.07) is 0. The first kappa shape index (κ1) is 37.9. The zero-order chi connectivity index (χ0) is 36.3. The fourth-order valence-corrected chi connectivity index (χ4v) is 18.5. The number of hydrogen-bond acceptors (Lipinski definition) is 0. The highest BCUT2D eigenvalue weighted by molar-refractivity contribution is 5.20. The van der Waals surface area contributed by atoms with Crippen molar-refractivity contribution >= 4 is 0 Å². The van der Waals surface area contributed by atoms with Crippen molar-refractivity contribution in [3.8, 4) is 0 Å². The van der Waals surface area contributed by atoms with Gasteiger partial charge in [0.05, 0.1) is 0 Å². The Kier molecular flexibility index (Phi) is 9.89. The lowest BCUT2D eigenvalue weighted by Crippen LogP contribution is -2.50. The van der Waals surface area contributed by atoms with Crippen molar-refractivity contribution in [3.63, 3.8) is 0 Å². The molecule has 0 heterocycles. The highest BCUT2D eigenvalue weighted by atomic mass is 14.8. The van der Waals surface area contributed by atoms with Gasteiger partial charge in [-0.2, -0.15) is 0 Å². The maximum absolute atomic E-state index is 2.84. The van der Waals surface area contributed by atoms with Gasteiger partial charge < -0.3 is 0 Å². The third-order valence-corrected chi connectivity index (χ3v) is 22.3. The van der Waals surface area contributed by atoms with E-state index in [9.17, 15) is 0 Å². The van der Waals surface area contributed by atoms with Gasteiger partial charge in [0.2, 0.25) is 0 Å². The Morgan fingerprint density at radius 2 is 0.980 bits per heavy atom. The Morgan fingerprint density at radius 3 is 1.57 bits per heavy atom. The van der Waals surface area contributed by atoms with E-state index < -0.39 is 0 Å². The van der Waals surface area contributed by atoms with Crippen molar-refractivity contribution in [2.24, 2.45) is 116 Å². The Balaban J connectivity index is 1.25. The minimum absolute atomic E-state index is 0.484. The van der Waals surface area contributed by atoms with E-state index in [4.69, 9.17) is 0 Å². The molecule has 51 heavy (non-hydrogen) atoms. The topological polar surface area (TPSA) is 0 Å². The van der Waals surface area contributed by atoms with E-state index in [1.807, 2.05) is 0 Å². The predicted octanol–water partition coefficient (Wildman–Crippen LogP) is 15.3. The maximum atomic E-state index is 2.84. The molecule has 8 rings (SSSR count). The molecule has 0 N–H and O–H groups in total. The summed E-state index contributed by atoms with van der Waals surface area (Å²) in [6.45, 7) is 29.3. The quantitative estimate of drug-likeness (QED) is 0.259. The maximum Gasteiger partial charge on any atom is -0.0230 e. The summed E-state index contributed by atoms with van der Waals surface area (Å²) in [5.41, 5.74) is 2.70. The second-order valence-corrected chi connectivity index (χ2v) is 24.4. The number of fused-ring (bicyclic) bond motifs is 12. The van der Waals surface area contributed by atoms with Gasteiger partial charge in [0.15, 0.2) is 0 Å². The Hall–Kier alpha value is 0. The smallest absolute Gasteiger partial charge is 0.0230 e. The van der Waals surface area contributed by atoms with Gasteiger partial charge in [-0.25, -0.2) is 0 Å². The molecule has 8 aliphatic carbocycles. The molecular formula is C51H88. The molecule has 0 aromatic carbocycles. The third-order valence-electron chi connectivity index (χ3n) is 22.3. The van der Waals surface area contributed by atoms with Crippen LogP contribution in [0.25, 0.3) is 0 Å². The molecule has 292 valence electrons. The van der Waals surface area contributed by atoms with E-state index in [1.165, 1.54) is 38.5 Å². The normalized spacial score (nSPS) is 49.4. The first-order chi connectivity index (χ1) is 24.2. The number of hydrogen-bond donors (Lipinski definition) is 0. The lowest BCUT2D eigenvalue weighted by Gasteiger charge is -2.59. The van der Waals surface area contributed by atoms with Gasteiger partial charge in [0.25, 0.3) is 0 Å². The Bertz CT molecular complexity index is 1190. The van der Waals surface area contributed by atoms with Crippen molar-refractivity contribution in [3.05, 3.63) is 0 Å². The van der Waals surface area contributed by atoms with Crippen molar-refractivity contribution in [2.75, 3.05) is 0 Å². The molecule has 0 aliphatic heterocycles. The summed E-state index contributed by atoms with van der Waals surface area (Å²) in [6.07, 6.45) is 30.9. The van der Waals surface area contributed by atoms with Crippen LogP contribution in [0.1, 0.15) is 205 Å². The molecule has 0 bridgehead atoms. The lowest BCUT2D eigenvalue weighted by atomic mass is 9.46. The summed E-state index contributed by atoms with van der Waals surface area (Å²) in [4.78, 5) is 0. The molecule has 0 aromatic rings. The SMILES string of the molecule is CCC(C)(CC)C1CC(C(C)(CC)CC)CC2(C1)C1CCC3CC(C(C)(C)C)CCC3C1C1C3C4CC5CCCCC5CC4C(C)(C)C3CCC12. The Morgan fingerprint density at radius 1 is 0.451 bits per heavy atom. The van der Waals surface area contributed by atoms with E-state index in [0.717, 1.165) is 88.8 Å². The van der Waals surface area contributed by atoms with Crippen LogP contribution in [0, 0.1) is 116 Å². The lowest BCUT2D eigenvalue weighted by molar-refractivity contribution is -0.0936. The van der Waals surface area contributed by atoms with E-state index in [-0.39, 0.29) is 0 Å². The van der Waals surface area contributed by atoms with Gasteiger partial charge in [-0.3, -0.25) is 0 Å². The van der Waals surface area contributed by atoms with Crippen LogP contribution in [0.15, 0.2) is 0 Å². The van der Waals surface area contributed by atoms with Gasteiger partial charge in [0.1, 0.15) is 0 Å². The van der Waals surface area contributed by atoms with Crippen LogP contribution in [-0.4, -0.2) is 0 Å². The fourth-order valence-electron chi connectivity index (χ4n) is 18.5. The summed E-state index contributed by atoms with van der Waals surface area (Å²) < 4.78 is 0. The average Bonchev–Trinajstić information content (AvgIpc) is 3.53. The molecule has 0 amide bonds. The highest BCUT2D eigenvalue weighted by Gasteiger charge is 2.72. The van der Waals surface area contributed by atoms with Crippen LogP contribution < -0.4 is 0 Å². The minimum atomic E-state index is 0.484. The summed E-state index contributed by atoms with van der Waals surface area (Å²) in [7, 11) is 0. The second kappa shape index (κ2) is 13.3. The van der Waals surface area contributed by atoms with E-state index in [1.54, 1.807) is 89.9 Å². The molecule has 0 radical (unpaired) electrons.